The van der Waals surface area contributed by atoms with Crippen molar-refractivity contribution in [3.05, 3.63) is 29.6 Å². The largest absolute Gasteiger partial charge is 0.417 e. The maximum Gasteiger partial charge on any atom is 0.417 e. The number of alkyl halides is 3. The van der Waals surface area contributed by atoms with E-state index in [9.17, 15) is 18.0 Å². The molecule has 0 spiro atoms. The predicted molar refractivity (Wildman–Crippen MR) is 69.0 cm³/mol. The third-order valence-electron chi connectivity index (χ3n) is 3.03. The lowest BCUT2D eigenvalue weighted by atomic mass is 10.0. The highest BCUT2D eigenvalue weighted by atomic mass is 19.4. The van der Waals surface area contributed by atoms with Crippen molar-refractivity contribution < 1.29 is 18.0 Å². The first-order chi connectivity index (χ1) is 9.38. The van der Waals surface area contributed by atoms with Crippen molar-refractivity contribution in [1.29, 1.82) is 0 Å². The summed E-state index contributed by atoms with van der Waals surface area (Å²) in [6.07, 6.45) is -2.13. The van der Waals surface area contributed by atoms with E-state index in [1.807, 2.05) is 6.92 Å². The third-order valence-corrected chi connectivity index (χ3v) is 3.03. The van der Waals surface area contributed by atoms with Crippen LogP contribution < -0.4 is 11.1 Å². The fourth-order valence-corrected chi connectivity index (χ4v) is 1.71. The Morgan fingerprint density at radius 2 is 2.15 bits per heavy atom. The number of pyridine rings is 1. The molecule has 0 saturated heterocycles. The number of carbonyl (C=O) groups is 1. The van der Waals surface area contributed by atoms with Crippen LogP contribution in [0.1, 0.15) is 35.8 Å². The minimum atomic E-state index is -4.45. The Kier molecular flexibility index (Phi) is 5.94. The average Bonchev–Trinajstić information content (AvgIpc) is 2.42. The van der Waals surface area contributed by atoms with Crippen LogP contribution in [0.5, 0.6) is 0 Å². The molecular formula is C13H18F3N3O. The number of aromatic nitrogens is 1. The van der Waals surface area contributed by atoms with Crippen LogP contribution in [0.4, 0.5) is 13.2 Å². The molecule has 0 bridgehead atoms. The number of halogens is 3. The lowest BCUT2D eigenvalue weighted by molar-refractivity contribution is -0.137. The molecular weight excluding hydrogens is 271 g/mol. The van der Waals surface area contributed by atoms with Crippen molar-refractivity contribution in [2.24, 2.45) is 11.7 Å². The van der Waals surface area contributed by atoms with Gasteiger partial charge < -0.3 is 11.1 Å². The Bertz CT molecular complexity index is 431. The van der Waals surface area contributed by atoms with E-state index in [1.165, 1.54) is 0 Å². The molecule has 7 heteroatoms. The highest BCUT2D eigenvalue weighted by Gasteiger charge is 2.30. The number of nitrogens with two attached hydrogens (primary N) is 1. The zero-order valence-electron chi connectivity index (χ0n) is 11.2. The summed E-state index contributed by atoms with van der Waals surface area (Å²) in [5.41, 5.74) is 4.55. The Balaban J connectivity index is 2.60. The minimum absolute atomic E-state index is 0.0272. The summed E-state index contributed by atoms with van der Waals surface area (Å²) in [6.45, 7) is 2.96. The average molecular weight is 289 g/mol. The first-order valence-electron chi connectivity index (χ1n) is 6.40. The zero-order chi connectivity index (χ0) is 15.2. The van der Waals surface area contributed by atoms with Crippen LogP contribution in [-0.2, 0) is 6.18 Å². The van der Waals surface area contributed by atoms with Gasteiger partial charge in [0.15, 0.2) is 0 Å². The number of nitrogens with zero attached hydrogens (tertiary/aromatic N) is 1. The molecule has 1 amide bonds. The molecule has 20 heavy (non-hydrogen) atoms. The van der Waals surface area contributed by atoms with Gasteiger partial charge in [0, 0.05) is 12.7 Å². The van der Waals surface area contributed by atoms with Crippen molar-refractivity contribution in [2.45, 2.75) is 25.9 Å². The molecule has 112 valence electrons. The molecule has 1 heterocycles. The summed E-state index contributed by atoms with van der Waals surface area (Å²) >= 11 is 0. The second kappa shape index (κ2) is 7.23. The number of carbonyl (C=O) groups excluding carboxylic acids is 1. The van der Waals surface area contributed by atoms with Crippen molar-refractivity contribution in [2.75, 3.05) is 13.1 Å². The van der Waals surface area contributed by atoms with Gasteiger partial charge in [0.2, 0.25) is 0 Å². The quantitative estimate of drug-likeness (QED) is 0.843. The second-order valence-corrected chi connectivity index (χ2v) is 4.49. The summed E-state index contributed by atoms with van der Waals surface area (Å²) in [4.78, 5) is 15.3. The van der Waals surface area contributed by atoms with Gasteiger partial charge in [-0.2, -0.15) is 13.2 Å². The topological polar surface area (TPSA) is 68.0 Å². The molecule has 4 nitrogen and oxygen atoms in total. The van der Waals surface area contributed by atoms with Crippen molar-refractivity contribution in [3.8, 4) is 0 Å². The molecule has 0 aliphatic rings. The molecule has 0 aliphatic carbocycles. The summed E-state index contributed by atoms with van der Waals surface area (Å²) in [5.74, 6) is -0.215. The van der Waals surface area contributed by atoms with Crippen molar-refractivity contribution >= 4 is 5.91 Å². The van der Waals surface area contributed by atoms with E-state index in [0.29, 0.717) is 19.3 Å². The maximum atomic E-state index is 12.4. The number of amides is 1. The van der Waals surface area contributed by atoms with E-state index in [1.54, 1.807) is 0 Å². The smallest absolute Gasteiger partial charge is 0.350 e. The van der Waals surface area contributed by atoms with E-state index < -0.39 is 17.6 Å². The van der Waals surface area contributed by atoms with Crippen LogP contribution in [0.2, 0.25) is 0 Å². The van der Waals surface area contributed by atoms with Gasteiger partial charge in [-0.15, -0.1) is 0 Å². The van der Waals surface area contributed by atoms with E-state index in [4.69, 9.17) is 5.73 Å². The van der Waals surface area contributed by atoms with Gasteiger partial charge in [-0.25, -0.2) is 0 Å². The summed E-state index contributed by atoms with van der Waals surface area (Å²) in [5, 5.41) is 2.65. The Labute approximate surface area is 115 Å². The van der Waals surface area contributed by atoms with E-state index in [0.717, 1.165) is 25.0 Å². The van der Waals surface area contributed by atoms with Gasteiger partial charge in [0.25, 0.3) is 5.91 Å². The molecule has 1 atom stereocenters. The molecule has 0 aliphatic heterocycles. The summed E-state index contributed by atoms with van der Waals surface area (Å²) < 4.78 is 37.1. The van der Waals surface area contributed by atoms with Gasteiger partial charge in [-0.1, -0.05) is 13.3 Å². The molecule has 1 aromatic rings. The second-order valence-electron chi connectivity index (χ2n) is 4.49. The highest BCUT2D eigenvalue weighted by Crippen LogP contribution is 2.28. The van der Waals surface area contributed by atoms with Gasteiger partial charge in [-0.3, -0.25) is 9.78 Å². The molecule has 1 unspecified atom stereocenters. The molecule has 0 aromatic carbocycles. The van der Waals surface area contributed by atoms with Crippen LogP contribution in [-0.4, -0.2) is 24.0 Å². The van der Waals surface area contributed by atoms with Crippen LogP contribution in [0.15, 0.2) is 18.3 Å². The molecule has 0 fully saturated rings. The minimum Gasteiger partial charge on any atom is -0.350 e. The fourth-order valence-electron chi connectivity index (χ4n) is 1.71. The number of nitrogens with one attached hydrogen (secondary N) is 1. The van der Waals surface area contributed by atoms with E-state index >= 15 is 0 Å². The van der Waals surface area contributed by atoms with Gasteiger partial charge in [0.05, 0.1) is 5.56 Å². The zero-order valence-corrected chi connectivity index (χ0v) is 11.2. The van der Waals surface area contributed by atoms with Crippen LogP contribution in [0.3, 0.4) is 0 Å². The summed E-state index contributed by atoms with van der Waals surface area (Å²) in [6, 6.07) is 1.92. The molecule has 0 radical (unpaired) electrons. The molecule has 1 rings (SSSR count). The van der Waals surface area contributed by atoms with Gasteiger partial charge in [-0.05, 0) is 31.0 Å². The Morgan fingerprint density at radius 3 is 2.60 bits per heavy atom. The first-order valence-corrected chi connectivity index (χ1v) is 6.40. The SMILES string of the molecule is CCC(CCN)CNC(=O)c1ccc(C(F)(F)F)cn1. The standard InChI is InChI=1S/C13H18F3N3O/c1-2-9(5-6-17)7-19-12(20)11-4-3-10(8-18-11)13(14,15)16/h3-4,8-9H,2,5-7,17H2,1H3,(H,19,20). The van der Waals surface area contributed by atoms with Crippen molar-refractivity contribution in [1.82, 2.24) is 10.3 Å². The van der Waals surface area contributed by atoms with E-state index in [2.05, 4.69) is 10.3 Å². The van der Waals surface area contributed by atoms with Crippen LogP contribution in [0, 0.1) is 5.92 Å². The van der Waals surface area contributed by atoms with E-state index in [-0.39, 0.29) is 11.6 Å². The third kappa shape index (κ3) is 4.80. The fraction of sp³-hybridized carbons (Fsp3) is 0.538. The van der Waals surface area contributed by atoms with Gasteiger partial charge in [0.1, 0.15) is 5.69 Å². The number of rotatable bonds is 6. The predicted octanol–water partition coefficient (Wildman–Crippen LogP) is 2.21. The Hall–Kier alpha value is -1.63. The van der Waals surface area contributed by atoms with Crippen LogP contribution >= 0.6 is 0 Å². The van der Waals surface area contributed by atoms with Gasteiger partial charge >= 0.3 is 6.18 Å². The monoisotopic (exact) mass is 289 g/mol. The normalized spacial score (nSPS) is 13.1. The van der Waals surface area contributed by atoms with Crippen LogP contribution in [0.25, 0.3) is 0 Å². The van der Waals surface area contributed by atoms with Crippen molar-refractivity contribution in [3.63, 3.8) is 0 Å². The summed E-state index contributed by atoms with van der Waals surface area (Å²) in [7, 11) is 0. The lowest BCUT2D eigenvalue weighted by Crippen LogP contribution is -2.30. The number of hydrogen-bond donors (Lipinski definition) is 2. The molecule has 0 saturated carbocycles. The first kappa shape index (κ1) is 16.4. The lowest BCUT2D eigenvalue weighted by Gasteiger charge is -2.14. The maximum absolute atomic E-state index is 12.4. The highest BCUT2D eigenvalue weighted by molar-refractivity contribution is 5.92. The number of hydrogen-bond acceptors (Lipinski definition) is 3. The Morgan fingerprint density at radius 1 is 1.45 bits per heavy atom. The molecule has 3 N–H and O–H groups in total. The molecule has 1 aromatic heterocycles.